The molecule has 0 saturated carbocycles. The molecule has 0 amide bonds. The van der Waals surface area contributed by atoms with E-state index in [0.717, 1.165) is 6.08 Å². The molecule has 0 aliphatic heterocycles. The molecule has 2 unspecified atom stereocenters. The summed E-state index contributed by atoms with van der Waals surface area (Å²) in [5, 5.41) is 0.431. The first kappa shape index (κ1) is 21.0. The van der Waals surface area contributed by atoms with Crippen molar-refractivity contribution >= 4 is 39.4 Å². The minimum Gasteiger partial charge on any atom is -0.460 e. The van der Waals surface area contributed by atoms with E-state index in [4.69, 9.17) is 14.2 Å². The summed E-state index contributed by atoms with van der Waals surface area (Å²) >= 11 is 1.38. The molecule has 1 aromatic heterocycles. The van der Waals surface area contributed by atoms with E-state index in [1.807, 2.05) is 19.9 Å². The van der Waals surface area contributed by atoms with Crippen LogP contribution >= 0.6 is 11.3 Å². The van der Waals surface area contributed by atoms with Crippen LogP contribution in [0.5, 0.6) is 0 Å². The molecule has 3 rings (SSSR count). The minimum absolute atomic E-state index is 0.0703. The van der Waals surface area contributed by atoms with E-state index in [2.05, 4.69) is 6.58 Å². The van der Waals surface area contributed by atoms with Gasteiger partial charge in [0.05, 0.1) is 17.0 Å². The molecule has 2 atom stereocenters. The molecule has 7 heteroatoms. The fourth-order valence-corrected chi connectivity index (χ4v) is 4.35. The SMILES string of the molecule is C=CC(=O)OC1c2sc3ccc(C(=O)OCCOCC)cc3c(=O)c2C=CC1C. The molecule has 29 heavy (non-hydrogen) atoms. The zero-order chi connectivity index (χ0) is 21.0. The average Bonchev–Trinajstić information content (AvgIpc) is 2.73. The van der Waals surface area contributed by atoms with Crippen molar-refractivity contribution in [2.75, 3.05) is 19.8 Å². The molecule has 152 valence electrons. The van der Waals surface area contributed by atoms with Gasteiger partial charge in [-0.25, -0.2) is 9.59 Å². The Labute approximate surface area is 172 Å². The second kappa shape index (κ2) is 9.15. The van der Waals surface area contributed by atoms with Gasteiger partial charge >= 0.3 is 11.9 Å². The third kappa shape index (κ3) is 4.46. The van der Waals surface area contributed by atoms with Gasteiger partial charge in [0.1, 0.15) is 12.7 Å². The number of esters is 2. The van der Waals surface area contributed by atoms with E-state index in [-0.39, 0.29) is 18.0 Å². The summed E-state index contributed by atoms with van der Waals surface area (Å²) < 4.78 is 16.5. The molecule has 6 nitrogen and oxygen atoms in total. The summed E-state index contributed by atoms with van der Waals surface area (Å²) in [6.07, 6.45) is 4.15. The number of fused-ring (bicyclic) bond motifs is 2. The zero-order valence-corrected chi connectivity index (χ0v) is 17.1. The Kier molecular flexibility index (Phi) is 6.61. The normalized spacial score (nSPS) is 17.6. The first-order chi connectivity index (χ1) is 14.0. The van der Waals surface area contributed by atoms with Gasteiger partial charge in [-0.05, 0) is 25.1 Å². The second-order valence-electron chi connectivity index (χ2n) is 6.53. The smallest absolute Gasteiger partial charge is 0.338 e. The highest BCUT2D eigenvalue weighted by molar-refractivity contribution is 7.18. The van der Waals surface area contributed by atoms with Crippen LogP contribution in [0.15, 0.2) is 41.7 Å². The fourth-order valence-electron chi connectivity index (χ4n) is 3.07. The Balaban J connectivity index is 1.96. The molecule has 0 saturated heterocycles. The van der Waals surface area contributed by atoms with Crippen molar-refractivity contribution in [2.45, 2.75) is 20.0 Å². The van der Waals surface area contributed by atoms with Crippen LogP contribution in [0.1, 0.15) is 40.8 Å². The number of carbonyl (C=O) groups excluding carboxylic acids is 2. The van der Waals surface area contributed by atoms with Crippen molar-refractivity contribution in [2.24, 2.45) is 5.92 Å². The van der Waals surface area contributed by atoms with Crippen molar-refractivity contribution in [3.63, 3.8) is 0 Å². The summed E-state index contributed by atoms with van der Waals surface area (Å²) in [4.78, 5) is 37.7. The Morgan fingerprint density at radius 3 is 2.79 bits per heavy atom. The predicted octanol–water partition coefficient (Wildman–Crippen LogP) is 3.89. The van der Waals surface area contributed by atoms with Gasteiger partial charge in [-0.15, -0.1) is 11.3 Å². The van der Waals surface area contributed by atoms with Gasteiger partial charge in [0, 0.05) is 34.3 Å². The van der Waals surface area contributed by atoms with Gasteiger partial charge in [0.15, 0.2) is 5.43 Å². The van der Waals surface area contributed by atoms with Crippen LogP contribution in [0.2, 0.25) is 0 Å². The lowest BCUT2D eigenvalue weighted by atomic mass is 9.93. The fraction of sp³-hybridized carbons (Fsp3) is 0.318. The Bertz CT molecular complexity index is 1040. The van der Waals surface area contributed by atoms with Crippen LogP contribution in [0.4, 0.5) is 0 Å². The number of hydrogen-bond donors (Lipinski definition) is 0. The zero-order valence-electron chi connectivity index (χ0n) is 16.3. The summed E-state index contributed by atoms with van der Waals surface area (Å²) in [6.45, 7) is 8.24. The molecule has 0 radical (unpaired) electrons. The average molecular weight is 414 g/mol. The monoisotopic (exact) mass is 414 g/mol. The van der Waals surface area contributed by atoms with Crippen molar-refractivity contribution < 1.29 is 23.8 Å². The van der Waals surface area contributed by atoms with Gasteiger partial charge in [0.2, 0.25) is 0 Å². The van der Waals surface area contributed by atoms with E-state index in [9.17, 15) is 14.4 Å². The van der Waals surface area contributed by atoms with Gasteiger partial charge in [-0.2, -0.15) is 0 Å². The van der Waals surface area contributed by atoms with Gasteiger partial charge in [0.25, 0.3) is 0 Å². The molecule has 2 aromatic rings. The quantitative estimate of drug-likeness (QED) is 0.389. The van der Waals surface area contributed by atoms with E-state index in [0.29, 0.717) is 39.3 Å². The van der Waals surface area contributed by atoms with E-state index in [1.165, 1.54) is 11.3 Å². The van der Waals surface area contributed by atoms with Crippen molar-refractivity contribution in [3.05, 3.63) is 63.2 Å². The van der Waals surface area contributed by atoms with E-state index < -0.39 is 18.0 Å². The standard InChI is InChI=1S/C22H22O6S/c1-4-18(23)28-20-13(3)6-8-15-19(24)16-12-14(7-9-17(16)29-21(15)20)22(25)27-11-10-26-5-2/h4,6-9,12-13,20H,1,5,10-11H2,2-3H3. The maximum Gasteiger partial charge on any atom is 0.338 e. The van der Waals surface area contributed by atoms with Crippen molar-refractivity contribution in [1.29, 1.82) is 0 Å². The molecule has 0 spiro atoms. The van der Waals surface area contributed by atoms with Crippen LogP contribution in [-0.4, -0.2) is 31.8 Å². The largest absolute Gasteiger partial charge is 0.460 e. The molecule has 1 heterocycles. The maximum atomic E-state index is 13.1. The van der Waals surface area contributed by atoms with Gasteiger partial charge in [-0.3, -0.25) is 4.79 Å². The molecular formula is C22H22O6S. The number of hydrogen-bond acceptors (Lipinski definition) is 7. The lowest BCUT2D eigenvalue weighted by Gasteiger charge is -2.26. The van der Waals surface area contributed by atoms with Crippen molar-refractivity contribution in [3.8, 4) is 0 Å². The lowest BCUT2D eigenvalue weighted by molar-refractivity contribution is -0.144. The highest BCUT2D eigenvalue weighted by Crippen LogP contribution is 2.38. The van der Waals surface area contributed by atoms with Crippen LogP contribution < -0.4 is 5.43 Å². The first-order valence-corrected chi connectivity index (χ1v) is 10.1. The van der Waals surface area contributed by atoms with Crippen LogP contribution in [0, 0.1) is 5.92 Å². The van der Waals surface area contributed by atoms with Gasteiger partial charge < -0.3 is 14.2 Å². The number of carbonyl (C=O) groups is 2. The molecule has 0 N–H and O–H groups in total. The summed E-state index contributed by atoms with van der Waals surface area (Å²) in [5.74, 6) is -1.11. The number of ether oxygens (including phenoxy) is 3. The third-order valence-corrected chi connectivity index (χ3v) is 5.82. The Morgan fingerprint density at radius 2 is 2.07 bits per heavy atom. The first-order valence-electron chi connectivity index (χ1n) is 9.33. The highest BCUT2D eigenvalue weighted by atomic mass is 32.1. The van der Waals surface area contributed by atoms with Crippen LogP contribution in [-0.2, 0) is 19.0 Å². The maximum absolute atomic E-state index is 13.1. The lowest BCUT2D eigenvalue weighted by Crippen LogP contribution is -2.22. The summed E-state index contributed by atoms with van der Waals surface area (Å²) in [7, 11) is 0. The molecule has 1 aliphatic rings. The van der Waals surface area contributed by atoms with Crippen LogP contribution in [0.3, 0.4) is 0 Å². The third-order valence-electron chi connectivity index (χ3n) is 4.57. The number of rotatable bonds is 7. The van der Waals surface area contributed by atoms with E-state index in [1.54, 1.807) is 24.3 Å². The van der Waals surface area contributed by atoms with Gasteiger partial charge in [-0.1, -0.05) is 25.7 Å². The molecule has 1 aliphatic carbocycles. The Morgan fingerprint density at radius 1 is 1.28 bits per heavy atom. The predicted molar refractivity (Wildman–Crippen MR) is 112 cm³/mol. The molecule has 0 fully saturated rings. The minimum atomic E-state index is -0.550. The molecular weight excluding hydrogens is 392 g/mol. The topological polar surface area (TPSA) is 78.9 Å². The number of benzene rings is 1. The summed E-state index contributed by atoms with van der Waals surface area (Å²) in [6, 6.07) is 4.89. The second-order valence-corrected chi connectivity index (χ2v) is 7.62. The highest BCUT2D eigenvalue weighted by Gasteiger charge is 2.29. The Hall–Kier alpha value is -2.77. The van der Waals surface area contributed by atoms with Crippen LogP contribution in [0.25, 0.3) is 16.2 Å². The summed E-state index contributed by atoms with van der Waals surface area (Å²) in [5.41, 5.74) is 0.575. The van der Waals surface area contributed by atoms with E-state index >= 15 is 0 Å². The molecule has 1 aromatic carbocycles. The van der Waals surface area contributed by atoms with Crippen molar-refractivity contribution in [1.82, 2.24) is 0 Å². The molecule has 0 bridgehead atoms.